The van der Waals surface area contributed by atoms with Crippen LogP contribution in [0.1, 0.15) is 49.3 Å². The van der Waals surface area contributed by atoms with Crippen LogP contribution in [0, 0.1) is 12.8 Å². The second-order valence-corrected chi connectivity index (χ2v) is 10.5. The van der Waals surface area contributed by atoms with Crippen LogP contribution in [0.3, 0.4) is 0 Å². The summed E-state index contributed by atoms with van der Waals surface area (Å²) < 4.78 is 5.09. The molecule has 2 aromatic carbocycles. The Bertz CT molecular complexity index is 982. The van der Waals surface area contributed by atoms with E-state index >= 15 is 0 Å². The summed E-state index contributed by atoms with van der Waals surface area (Å²) in [6.07, 6.45) is 3.34. The topological polar surface area (TPSA) is 65.1 Å². The Morgan fingerprint density at radius 2 is 1.46 bits per heavy atom. The van der Waals surface area contributed by atoms with Gasteiger partial charge in [0.15, 0.2) is 0 Å². The van der Waals surface area contributed by atoms with Crippen LogP contribution in [0.2, 0.25) is 0 Å². The van der Waals surface area contributed by atoms with Gasteiger partial charge >= 0.3 is 12.1 Å². The molecule has 2 aliphatic heterocycles. The normalized spacial score (nSPS) is 17.2. The maximum absolute atomic E-state index is 12.9. The molecule has 0 atom stereocenters. The first kappa shape index (κ1) is 27.0. The number of likely N-dealkylation sites (tertiary alicyclic amines) is 2. The molecule has 0 unspecified atom stereocenters. The van der Waals surface area contributed by atoms with E-state index in [2.05, 4.69) is 71.7 Å². The first-order valence-corrected chi connectivity index (χ1v) is 13.8. The number of urea groups is 1. The number of aryl methyl sites for hydroxylation is 1. The molecule has 3 amide bonds. The largest absolute Gasteiger partial charge is 0.450 e. The number of amides is 3. The van der Waals surface area contributed by atoms with Gasteiger partial charge < -0.3 is 19.9 Å². The van der Waals surface area contributed by atoms with Gasteiger partial charge in [0, 0.05) is 51.9 Å². The highest BCUT2D eigenvalue weighted by atomic mass is 16.6. The Morgan fingerprint density at radius 3 is 2.08 bits per heavy atom. The molecule has 7 heteroatoms. The predicted octanol–water partition coefficient (Wildman–Crippen LogP) is 5.04. The van der Waals surface area contributed by atoms with Crippen molar-refractivity contribution < 1.29 is 14.3 Å². The van der Waals surface area contributed by atoms with Gasteiger partial charge in [-0.05, 0) is 56.6 Å². The van der Waals surface area contributed by atoms with Crippen molar-refractivity contribution in [2.75, 3.05) is 39.3 Å². The van der Waals surface area contributed by atoms with Gasteiger partial charge in [-0.3, -0.25) is 4.90 Å². The van der Waals surface area contributed by atoms with Crippen LogP contribution in [0.25, 0.3) is 0 Å². The van der Waals surface area contributed by atoms with Crippen LogP contribution in [-0.4, -0.2) is 72.2 Å². The van der Waals surface area contributed by atoms with Crippen molar-refractivity contribution in [3.8, 4) is 0 Å². The van der Waals surface area contributed by atoms with Crippen LogP contribution in [0.5, 0.6) is 0 Å². The van der Waals surface area contributed by atoms with Gasteiger partial charge in [-0.15, -0.1) is 0 Å². The highest BCUT2D eigenvalue weighted by molar-refractivity contribution is 5.74. The highest BCUT2D eigenvalue weighted by Gasteiger charge is 2.28. The summed E-state index contributed by atoms with van der Waals surface area (Å²) in [5.74, 6) is 0.575. The number of piperidine rings is 2. The average Bonchev–Trinajstić information content (AvgIpc) is 2.91. The number of benzene rings is 2. The molecule has 2 aromatic rings. The number of ether oxygens (including phenoxy) is 1. The van der Waals surface area contributed by atoms with E-state index in [0.29, 0.717) is 25.6 Å². The van der Waals surface area contributed by atoms with Gasteiger partial charge in [0.2, 0.25) is 0 Å². The fraction of sp³-hybridized carbons (Fsp3) is 0.533. The smallest absolute Gasteiger partial charge is 0.409 e. The summed E-state index contributed by atoms with van der Waals surface area (Å²) in [4.78, 5) is 31.1. The molecule has 1 N–H and O–H groups in total. The third-order valence-corrected chi connectivity index (χ3v) is 7.54. The summed E-state index contributed by atoms with van der Waals surface area (Å²) >= 11 is 0. The number of hydrogen-bond donors (Lipinski definition) is 1. The molecule has 0 saturated carbocycles. The summed E-state index contributed by atoms with van der Waals surface area (Å²) in [6, 6.07) is 19.7. The van der Waals surface area contributed by atoms with Gasteiger partial charge in [0.1, 0.15) is 0 Å². The van der Waals surface area contributed by atoms with E-state index in [4.69, 9.17) is 4.74 Å². The number of carbonyl (C=O) groups excluding carboxylic acids is 2. The quantitative estimate of drug-likeness (QED) is 0.545. The molecule has 4 rings (SSSR count). The molecule has 200 valence electrons. The molecule has 0 spiro atoms. The van der Waals surface area contributed by atoms with Crippen LogP contribution in [0.4, 0.5) is 9.59 Å². The SMILES string of the molecule is CCOC(=O)N1CCC(NC(=O)N2CCC(CN(Cc3ccccc3)Cc3ccc(C)cc3)CC2)CC1. The second kappa shape index (κ2) is 13.5. The standard InChI is InChI=1S/C30H42N4O3/c1-3-37-30(36)34-19-15-28(16-20-34)31-29(35)33-17-13-27(14-18-33)23-32(21-25-7-5-4-6-8-25)22-26-11-9-24(2)10-12-26/h4-12,27-28H,3,13-23H2,1-2H3,(H,31,35). The second-order valence-electron chi connectivity index (χ2n) is 10.5. The first-order valence-electron chi connectivity index (χ1n) is 13.8. The zero-order valence-electron chi connectivity index (χ0n) is 22.4. The zero-order valence-corrected chi connectivity index (χ0v) is 22.4. The Kier molecular flexibility index (Phi) is 9.83. The molecule has 2 aliphatic rings. The fourth-order valence-corrected chi connectivity index (χ4v) is 5.35. The van der Waals surface area contributed by atoms with E-state index in [1.807, 2.05) is 11.8 Å². The Hall–Kier alpha value is -3.06. The lowest BCUT2D eigenvalue weighted by Crippen LogP contribution is -2.52. The monoisotopic (exact) mass is 506 g/mol. The minimum absolute atomic E-state index is 0.0360. The summed E-state index contributed by atoms with van der Waals surface area (Å²) in [5, 5.41) is 3.20. The van der Waals surface area contributed by atoms with Crippen LogP contribution in [-0.2, 0) is 17.8 Å². The Labute approximate surface area is 221 Å². The molecular weight excluding hydrogens is 464 g/mol. The third kappa shape index (κ3) is 8.22. The minimum atomic E-state index is -0.252. The van der Waals surface area contributed by atoms with Crippen molar-refractivity contribution in [1.82, 2.24) is 20.0 Å². The maximum Gasteiger partial charge on any atom is 0.409 e. The number of nitrogens with zero attached hydrogens (tertiary/aromatic N) is 3. The lowest BCUT2D eigenvalue weighted by Gasteiger charge is -2.37. The molecule has 37 heavy (non-hydrogen) atoms. The van der Waals surface area contributed by atoms with Crippen LogP contribution < -0.4 is 5.32 Å². The molecule has 2 saturated heterocycles. The van der Waals surface area contributed by atoms with Crippen molar-refractivity contribution in [2.45, 2.75) is 58.7 Å². The number of carbonyl (C=O) groups is 2. The van der Waals surface area contributed by atoms with Crippen molar-refractivity contribution in [1.29, 1.82) is 0 Å². The first-order chi connectivity index (χ1) is 18.0. The Balaban J connectivity index is 1.24. The van der Waals surface area contributed by atoms with Crippen molar-refractivity contribution in [3.05, 3.63) is 71.3 Å². The van der Waals surface area contributed by atoms with Crippen molar-refractivity contribution in [2.24, 2.45) is 5.92 Å². The maximum atomic E-state index is 12.9. The molecule has 2 heterocycles. The van der Waals surface area contributed by atoms with E-state index < -0.39 is 0 Å². The van der Waals surface area contributed by atoms with Gasteiger partial charge in [0.05, 0.1) is 6.61 Å². The van der Waals surface area contributed by atoms with Gasteiger partial charge in [-0.1, -0.05) is 60.2 Å². The number of hydrogen-bond acceptors (Lipinski definition) is 4. The molecular formula is C30H42N4O3. The molecule has 7 nitrogen and oxygen atoms in total. The third-order valence-electron chi connectivity index (χ3n) is 7.54. The lowest BCUT2D eigenvalue weighted by atomic mass is 9.95. The lowest BCUT2D eigenvalue weighted by molar-refractivity contribution is 0.0944. The summed E-state index contributed by atoms with van der Waals surface area (Å²) in [7, 11) is 0. The molecule has 0 aliphatic carbocycles. The van der Waals surface area contributed by atoms with Gasteiger partial charge in [0.25, 0.3) is 0 Å². The molecule has 0 radical (unpaired) electrons. The fourth-order valence-electron chi connectivity index (χ4n) is 5.35. The van der Waals surface area contributed by atoms with E-state index in [1.54, 1.807) is 4.90 Å². The van der Waals surface area contributed by atoms with Gasteiger partial charge in [-0.2, -0.15) is 0 Å². The van der Waals surface area contributed by atoms with Crippen molar-refractivity contribution >= 4 is 12.1 Å². The summed E-state index contributed by atoms with van der Waals surface area (Å²) in [6.45, 7) is 10.1. The number of rotatable bonds is 8. The number of nitrogens with one attached hydrogen (secondary N) is 1. The van der Waals surface area contributed by atoms with E-state index in [0.717, 1.165) is 58.4 Å². The van der Waals surface area contributed by atoms with Crippen LogP contribution in [0.15, 0.2) is 54.6 Å². The van der Waals surface area contributed by atoms with Crippen molar-refractivity contribution in [3.63, 3.8) is 0 Å². The zero-order chi connectivity index (χ0) is 26.0. The summed E-state index contributed by atoms with van der Waals surface area (Å²) in [5.41, 5.74) is 3.96. The van der Waals surface area contributed by atoms with Gasteiger partial charge in [-0.25, -0.2) is 9.59 Å². The average molecular weight is 507 g/mol. The van der Waals surface area contributed by atoms with E-state index in [9.17, 15) is 9.59 Å². The van der Waals surface area contributed by atoms with E-state index in [1.165, 1.54) is 16.7 Å². The molecule has 0 aromatic heterocycles. The molecule has 2 fully saturated rings. The molecule has 0 bridgehead atoms. The predicted molar refractivity (Wildman–Crippen MR) is 146 cm³/mol. The van der Waals surface area contributed by atoms with Crippen LogP contribution >= 0.6 is 0 Å². The Morgan fingerprint density at radius 1 is 0.865 bits per heavy atom. The highest BCUT2D eigenvalue weighted by Crippen LogP contribution is 2.22. The minimum Gasteiger partial charge on any atom is -0.450 e. The van der Waals surface area contributed by atoms with E-state index in [-0.39, 0.29) is 18.2 Å².